The van der Waals surface area contributed by atoms with Crippen molar-refractivity contribution in [3.05, 3.63) is 47.5 Å². The summed E-state index contributed by atoms with van der Waals surface area (Å²) in [6, 6.07) is 10.3. The van der Waals surface area contributed by atoms with E-state index in [1.165, 1.54) is 21.3 Å². The zero-order chi connectivity index (χ0) is 19.4. The molecule has 0 aliphatic heterocycles. The molecule has 0 unspecified atom stereocenters. The standard InChI is InChI=1S/C20H22N2O5/c1-25-16-11-10-14(17(26-2)18(16)27-3)20(24)22-15-7-5-4-6-13(15)19(23)21-12-8-9-12/h4-7,10-12H,8-9H2,1-3H3,(H,21,23)(H,22,24). The van der Waals surface area contributed by atoms with Gasteiger partial charge in [0.1, 0.15) is 0 Å². The topological polar surface area (TPSA) is 85.9 Å². The van der Waals surface area contributed by atoms with E-state index < -0.39 is 5.91 Å². The first kappa shape index (κ1) is 18.6. The van der Waals surface area contributed by atoms with Crippen LogP contribution < -0.4 is 24.8 Å². The maximum absolute atomic E-state index is 12.9. The van der Waals surface area contributed by atoms with E-state index in [1.54, 1.807) is 36.4 Å². The average Bonchev–Trinajstić information content (AvgIpc) is 3.50. The summed E-state index contributed by atoms with van der Waals surface area (Å²) >= 11 is 0. The number of rotatable bonds is 7. The highest BCUT2D eigenvalue weighted by Crippen LogP contribution is 2.40. The van der Waals surface area contributed by atoms with Crippen LogP contribution in [-0.2, 0) is 0 Å². The molecule has 1 saturated carbocycles. The Balaban J connectivity index is 1.89. The first-order valence-electron chi connectivity index (χ1n) is 8.59. The predicted molar refractivity (Wildman–Crippen MR) is 101 cm³/mol. The minimum absolute atomic E-state index is 0.201. The molecule has 27 heavy (non-hydrogen) atoms. The van der Waals surface area contributed by atoms with Crippen LogP contribution in [0.25, 0.3) is 0 Å². The zero-order valence-corrected chi connectivity index (χ0v) is 15.5. The average molecular weight is 370 g/mol. The summed E-state index contributed by atoms with van der Waals surface area (Å²) in [5.41, 5.74) is 1.11. The number of hydrogen-bond donors (Lipinski definition) is 2. The fraction of sp³-hybridized carbons (Fsp3) is 0.300. The summed E-state index contributed by atoms with van der Waals surface area (Å²) in [5, 5.41) is 5.72. The molecule has 0 bridgehead atoms. The molecule has 1 fully saturated rings. The van der Waals surface area contributed by atoms with Crippen molar-refractivity contribution >= 4 is 17.5 Å². The summed E-state index contributed by atoms with van der Waals surface area (Å²) in [4.78, 5) is 25.3. The molecular weight excluding hydrogens is 348 g/mol. The van der Waals surface area contributed by atoms with Gasteiger partial charge in [-0.3, -0.25) is 9.59 Å². The molecule has 3 rings (SSSR count). The van der Waals surface area contributed by atoms with Crippen LogP contribution in [0, 0.1) is 0 Å². The number of para-hydroxylation sites is 1. The van der Waals surface area contributed by atoms with Crippen molar-refractivity contribution in [2.24, 2.45) is 0 Å². The van der Waals surface area contributed by atoms with Crippen LogP contribution in [0.15, 0.2) is 36.4 Å². The lowest BCUT2D eigenvalue weighted by atomic mass is 10.1. The van der Waals surface area contributed by atoms with E-state index in [9.17, 15) is 9.59 Å². The lowest BCUT2D eigenvalue weighted by molar-refractivity contribution is 0.0952. The van der Waals surface area contributed by atoms with E-state index in [4.69, 9.17) is 14.2 Å². The van der Waals surface area contributed by atoms with Gasteiger partial charge in [0.25, 0.3) is 11.8 Å². The molecule has 1 aliphatic rings. The van der Waals surface area contributed by atoms with Crippen molar-refractivity contribution in [3.8, 4) is 17.2 Å². The number of amides is 2. The Hall–Kier alpha value is -3.22. The third-order valence-corrected chi connectivity index (χ3v) is 4.28. The van der Waals surface area contributed by atoms with Gasteiger partial charge in [0.15, 0.2) is 11.5 Å². The smallest absolute Gasteiger partial charge is 0.259 e. The quantitative estimate of drug-likeness (QED) is 0.783. The number of carbonyl (C=O) groups excluding carboxylic acids is 2. The SMILES string of the molecule is COc1ccc(C(=O)Nc2ccccc2C(=O)NC2CC2)c(OC)c1OC. The van der Waals surface area contributed by atoms with Crippen molar-refractivity contribution in [3.63, 3.8) is 0 Å². The molecule has 0 spiro atoms. The van der Waals surface area contributed by atoms with Gasteiger partial charge in [-0.05, 0) is 37.1 Å². The summed E-state index contributed by atoms with van der Waals surface area (Å²) in [6.45, 7) is 0. The van der Waals surface area contributed by atoms with E-state index in [-0.39, 0.29) is 23.3 Å². The zero-order valence-electron chi connectivity index (χ0n) is 15.5. The van der Waals surface area contributed by atoms with Gasteiger partial charge in [-0.15, -0.1) is 0 Å². The number of nitrogens with one attached hydrogen (secondary N) is 2. The second-order valence-corrected chi connectivity index (χ2v) is 6.13. The molecule has 0 aromatic heterocycles. The molecule has 2 aromatic rings. The highest BCUT2D eigenvalue weighted by Gasteiger charge is 2.26. The van der Waals surface area contributed by atoms with Gasteiger partial charge in [-0.25, -0.2) is 0 Å². The molecule has 2 N–H and O–H groups in total. The fourth-order valence-corrected chi connectivity index (χ4v) is 2.75. The molecule has 0 radical (unpaired) electrons. The Morgan fingerprint density at radius 1 is 0.852 bits per heavy atom. The van der Waals surface area contributed by atoms with Gasteiger partial charge in [-0.2, -0.15) is 0 Å². The fourth-order valence-electron chi connectivity index (χ4n) is 2.75. The van der Waals surface area contributed by atoms with Crippen LogP contribution >= 0.6 is 0 Å². The molecule has 0 heterocycles. The molecule has 7 nitrogen and oxygen atoms in total. The van der Waals surface area contributed by atoms with Gasteiger partial charge < -0.3 is 24.8 Å². The van der Waals surface area contributed by atoms with E-state index in [1.807, 2.05) is 0 Å². The number of methoxy groups -OCH3 is 3. The van der Waals surface area contributed by atoms with E-state index in [0.717, 1.165) is 12.8 Å². The Morgan fingerprint density at radius 2 is 1.56 bits per heavy atom. The number of benzene rings is 2. The van der Waals surface area contributed by atoms with Crippen molar-refractivity contribution in [1.82, 2.24) is 5.32 Å². The van der Waals surface area contributed by atoms with Gasteiger partial charge in [0, 0.05) is 6.04 Å². The van der Waals surface area contributed by atoms with Crippen molar-refractivity contribution in [2.45, 2.75) is 18.9 Å². The maximum atomic E-state index is 12.9. The molecule has 0 atom stereocenters. The Morgan fingerprint density at radius 3 is 2.19 bits per heavy atom. The van der Waals surface area contributed by atoms with Crippen molar-refractivity contribution in [2.75, 3.05) is 26.6 Å². The molecule has 7 heteroatoms. The lowest BCUT2D eigenvalue weighted by Crippen LogP contribution is -2.27. The number of carbonyl (C=O) groups is 2. The second kappa shape index (κ2) is 7.99. The normalized spacial score (nSPS) is 12.9. The van der Waals surface area contributed by atoms with Gasteiger partial charge in [0.05, 0.1) is 38.1 Å². The monoisotopic (exact) mass is 370 g/mol. The minimum Gasteiger partial charge on any atom is -0.493 e. The maximum Gasteiger partial charge on any atom is 0.259 e. The molecule has 2 aromatic carbocycles. The van der Waals surface area contributed by atoms with Crippen LogP contribution in [0.5, 0.6) is 17.2 Å². The highest BCUT2D eigenvalue weighted by molar-refractivity contribution is 6.10. The third-order valence-electron chi connectivity index (χ3n) is 4.28. The van der Waals surface area contributed by atoms with Crippen LogP contribution in [-0.4, -0.2) is 39.2 Å². The largest absolute Gasteiger partial charge is 0.493 e. The Bertz CT molecular complexity index is 861. The highest BCUT2D eigenvalue weighted by atomic mass is 16.5. The second-order valence-electron chi connectivity index (χ2n) is 6.13. The molecule has 2 amide bonds. The van der Waals surface area contributed by atoms with Crippen LogP contribution in [0.3, 0.4) is 0 Å². The summed E-state index contributed by atoms with van der Waals surface area (Å²) in [7, 11) is 4.43. The van der Waals surface area contributed by atoms with Crippen LogP contribution in [0.2, 0.25) is 0 Å². The molecular formula is C20H22N2O5. The number of ether oxygens (including phenoxy) is 3. The first-order chi connectivity index (χ1) is 13.1. The van der Waals surface area contributed by atoms with Crippen LogP contribution in [0.1, 0.15) is 33.6 Å². The van der Waals surface area contributed by atoms with Gasteiger partial charge in [-0.1, -0.05) is 12.1 Å². The number of hydrogen-bond acceptors (Lipinski definition) is 5. The molecule has 1 aliphatic carbocycles. The lowest BCUT2D eigenvalue weighted by Gasteiger charge is -2.16. The Kier molecular flexibility index (Phi) is 5.49. The van der Waals surface area contributed by atoms with E-state index in [0.29, 0.717) is 22.7 Å². The van der Waals surface area contributed by atoms with E-state index in [2.05, 4.69) is 10.6 Å². The van der Waals surface area contributed by atoms with Crippen LogP contribution in [0.4, 0.5) is 5.69 Å². The minimum atomic E-state index is -0.417. The van der Waals surface area contributed by atoms with Gasteiger partial charge >= 0.3 is 0 Å². The molecule has 0 saturated heterocycles. The van der Waals surface area contributed by atoms with E-state index >= 15 is 0 Å². The summed E-state index contributed by atoms with van der Waals surface area (Å²) in [6.07, 6.45) is 1.98. The Labute approximate surface area is 157 Å². The third kappa shape index (κ3) is 3.97. The van der Waals surface area contributed by atoms with Crippen molar-refractivity contribution < 1.29 is 23.8 Å². The summed E-state index contributed by atoms with van der Waals surface area (Å²) in [5.74, 6) is 0.420. The number of anilines is 1. The van der Waals surface area contributed by atoms with Crippen molar-refractivity contribution in [1.29, 1.82) is 0 Å². The first-order valence-corrected chi connectivity index (χ1v) is 8.59. The predicted octanol–water partition coefficient (Wildman–Crippen LogP) is 2.86. The summed E-state index contributed by atoms with van der Waals surface area (Å²) < 4.78 is 15.9. The molecule has 142 valence electrons. The van der Waals surface area contributed by atoms with Gasteiger partial charge in [0.2, 0.25) is 5.75 Å².